The number of ether oxygens (including phenoxy) is 2. The van der Waals surface area contributed by atoms with Gasteiger partial charge in [0.15, 0.2) is 0 Å². The summed E-state index contributed by atoms with van der Waals surface area (Å²) in [5.41, 5.74) is 3.52. The zero-order chi connectivity index (χ0) is 13.2. The quantitative estimate of drug-likeness (QED) is 0.771. The molecule has 0 N–H and O–H groups in total. The first-order valence-electron chi connectivity index (χ1n) is 6.87. The lowest BCUT2D eigenvalue weighted by molar-refractivity contribution is 0.409. The van der Waals surface area contributed by atoms with Crippen LogP contribution in [0.5, 0.6) is 11.5 Å². The number of nitrogens with zero attached hydrogens (tertiary/aromatic N) is 1. The van der Waals surface area contributed by atoms with Gasteiger partial charge >= 0.3 is 0 Å². The van der Waals surface area contributed by atoms with E-state index in [2.05, 4.69) is 6.07 Å². The summed E-state index contributed by atoms with van der Waals surface area (Å²) in [5, 5.41) is 1.06. The van der Waals surface area contributed by atoms with Crippen molar-refractivity contribution < 1.29 is 9.47 Å². The average molecular weight is 257 g/mol. The molecule has 0 saturated heterocycles. The Morgan fingerprint density at radius 3 is 2.47 bits per heavy atom. The number of benzene rings is 1. The molecule has 0 spiro atoms. The first-order valence-corrected chi connectivity index (χ1v) is 6.87. The normalized spacial score (nSPS) is 14.8. The van der Waals surface area contributed by atoms with Gasteiger partial charge in [0.1, 0.15) is 17.0 Å². The molecule has 0 bridgehead atoms. The van der Waals surface area contributed by atoms with Crippen LogP contribution in [-0.4, -0.2) is 19.2 Å². The molecule has 3 rings (SSSR count). The van der Waals surface area contributed by atoms with Crippen LogP contribution in [0.4, 0.5) is 0 Å². The molecule has 0 atom stereocenters. The van der Waals surface area contributed by atoms with Crippen LogP contribution < -0.4 is 9.47 Å². The van der Waals surface area contributed by atoms with Crippen molar-refractivity contribution in [2.75, 3.05) is 14.2 Å². The van der Waals surface area contributed by atoms with Gasteiger partial charge in [-0.1, -0.05) is 6.42 Å². The zero-order valence-corrected chi connectivity index (χ0v) is 11.5. The molecule has 0 fully saturated rings. The first-order chi connectivity index (χ1) is 9.33. The number of aromatic nitrogens is 1. The highest BCUT2D eigenvalue weighted by atomic mass is 16.5. The third-order valence-electron chi connectivity index (χ3n) is 3.88. The highest BCUT2D eigenvalue weighted by Gasteiger charge is 2.15. The second-order valence-corrected chi connectivity index (χ2v) is 5.02. The van der Waals surface area contributed by atoms with Crippen molar-refractivity contribution in [2.45, 2.75) is 32.1 Å². The molecule has 3 nitrogen and oxygen atoms in total. The van der Waals surface area contributed by atoms with E-state index in [1.807, 2.05) is 12.1 Å². The number of hydrogen-bond acceptors (Lipinski definition) is 3. The molecule has 100 valence electrons. The SMILES string of the molecule is COc1ccc(OC)c2nc3c(cc12)CCCCC3. The van der Waals surface area contributed by atoms with Crippen LogP contribution in [0, 0.1) is 0 Å². The van der Waals surface area contributed by atoms with E-state index in [1.54, 1.807) is 14.2 Å². The molecule has 3 heteroatoms. The van der Waals surface area contributed by atoms with Crippen LogP contribution in [0.1, 0.15) is 30.5 Å². The number of methoxy groups -OCH3 is 2. The maximum Gasteiger partial charge on any atom is 0.145 e. The van der Waals surface area contributed by atoms with E-state index in [-0.39, 0.29) is 0 Å². The van der Waals surface area contributed by atoms with E-state index in [0.29, 0.717) is 0 Å². The molecule has 1 aromatic heterocycles. The van der Waals surface area contributed by atoms with Crippen LogP contribution in [0.15, 0.2) is 18.2 Å². The minimum Gasteiger partial charge on any atom is -0.496 e. The summed E-state index contributed by atoms with van der Waals surface area (Å²) in [6.45, 7) is 0. The number of hydrogen-bond donors (Lipinski definition) is 0. The minimum atomic E-state index is 0.822. The number of pyridine rings is 1. The molecule has 0 aliphatic heterocycles. The van der Waals surface area contributed by atoms with E-state index in [4.69, 9.17) is 14.5 Å². The third-order valence-corrected chi connectivity index (χ3v) is 3.88. The van der Waals surface area contributed by atoms with Crippen molar-refractivity contribution in [3.63, 3.8) is 0 Å². The first kappa shape index (κ1) is 12.3. The lowest BCUT2D eigenvalue weighted by Gasteiger charge is -2.12. The Hall–Kier alpha value is -1.77. The van der Waals surface area contributed by atoms with Crippen molar-refractivity contribution >= 4 is 10.9 Å². The smallest absolute Gasteiger partial charge is 0.145 e. The van der Waals surface area contributed by atoms with Crippen LogP contribution in [0.3, 0.4) is 0 Å². The van der Waals surface area contributed by atoms with E-state index in [9.17, 15) is 0 Å². The zero-order valence-electron chi connectivity index (χ0n) is 11.5. The van der Waals surface area contributed by atoms with Crippen LogP contribution in [0.2, 0.25) is 0 Å². The third kappa shape index (κ3) is 2.14. The lowest BCUT2D eigenvalue weighted by Crippen LogP contribution is -1.99. The molecule has 1 aromatic carbocycles. The molecule has 19 heavy (non-hydrogen) atoms. The maximum absolute atomic E-state index is 5.45. The van der Waals surface area contributed by atoms with Crippen molar-refractivity contribution in [2.24, 2.45) is 0 Å². The Morgan fingerprint density at radius 1 is 0.947 bits per heavy atom. The predicted octanol–water partition coefficient (Wildman–Crippen LogP) is 3.52. The number of rotatable bonds is 2. The average Bonchev–Trinajstić information content (AvgIpc) is 2.68. The molecule has 1 heterocycles. The van der Waals surface area contributed by atoms with Crippen LogP contribution in [0.25, 0.3) is 10.9 Å². The highest BCUT2D eigenvalue weighted by molar-refractivity contribution is 5.90. The molecule has 2 aromatic rings. The number of fused-ring (bicyclic) bond motifs is 2. The van der Waals surface area contributed by atoms with E-state index < -0.39 is 0 Å². The minimum absolute atomic E-state index is 0.822. The summed E-state index contributed by atoms with van der Waals surface area (Å²) in [4.78, 5) is 4.85. The predicted molar refractivity (Wildman–Crippen MR) is 76.1 cm³/mol. The fraction of sp³-hybridized carbons (Fsp3) is 0.438. The molecule has 0 radical (unpaired) electrons. The van der Waals surface area contributed by atoms with E-state index in [0.717, 1.165) is 35.2 Å². The fourth-order valence-electron chi connectivity index (χ4n) is 2.85. The molecule has 1 aliphatic carbocycles. The standard InChI is InChI=1S/C16H19NO2/c1-18-14-8-9-15(19-2)16-12(14)10-11-6-4-3-5-7-13(11)17-16/h8-10H,3-7H2,1-2H3. The summed E-state index contributed by atoms with van der Waals surface area (Å²) < 4.78 is 10.9. The van der Waals surface area contributed by atoms with Crippen LogP contribution >= 0.6 is 0 Å². The summed E-state index contributed by atoms with van der Waals surface area (Å²) >= 11 is 0. The van der Waals surface area contributed by atoms with Gasteiger partial charge in [-0.2, -0.15) is 0 Å². The summed E-state index contributed by atoms with van der Waals surface area (Å²) in [6.07, 6.45) is 5.98. The molecule has 0 unspecified atom stereocenters. The Kier molecular flexibility index (Phi) is 3.28. The molecule has 0 saturated carbocycles. The highest BCUT2D eigenvalue weighted by Crippen LogP contribution is 2.34. The largest absolute Gasteiger partial charge is 0.496 e. The molecular formula is C16H19NO2. The van der Waals surface area contributed by atoms with Gasteiger partial charge in [-0.05, 0) is 49.4 Å². The van der Waals surface area contributed by atoms with Gasteiger partial charge in [0, 0.05) is 11.1 Å². The van der Waals surface area contributed by atoms with Gasteiger partial charge in [-0.15, -0.1) is 0 Å². The molecule has 1 aliphatic rings. The lowest BCUT2D eigenvalue weighted by atomic mass is 10.0. The van der Waals surface area contributed by atoms with E-state index >= 15 is 0 Å². The monoisotopic (exact) mass is 257 g/mol. The Bertz CT molecular complexity index is 555. The topological polar surface area (TPSA) is 31.4 Å². The Morgan fingerprint density at radius 2 is 1.68 bits per heavy atom. The van der Waals surface area contributed by atoms with Crippen molar-refractivity contribution in [3.8, 4) is 11.5 Å². The second-order valence-electron chi connectivity index (χ2n) is 5.02. The summed E-state index contributed by atoms with van der Waals surface area (Å²) in [7, 11) is 3.39. The van der Waals surface area contributed by atoms with Crippen molar-refractivity contribution in [1.29, 1.82) is 0 Å². The van der Waals surface area contributed by atoms with Gasteiger partial charge in [-0.3, -0.25) is 0 Å². The fourth-order valence-corrected chi connectivity index (χ4v) is 2.85. The van der Waals surface area contributed by atoms with Gasteiger partial charge in [0.25, 0.3) is 0 Å². The van der Waals surface area contributed by atoms with Crippen molar-refractivity contribution in [1.82, 2.24) is 4.98 Å². The second kappa shape index (κ2) is 5.08. The van der Waals surface area contributed by atoms with Gasteiger partial charge in [0.05, 0.1) is 14.2 Å². The van der Waals surface area contributed by atoms with Crippen LogP contribution in [-0.2, 0) is 12.8 Å². The number of aryl methyl sites for hydroxylation is 2. The Labute approximate surface area is 113 Å². The van der Waals surface area contributed by atoms with Crippen molar-refractivity contribution in [3.05, 3.63) is 29.5 Å². The van der Waals surface area contributed by atoms with Gasteiger partial charge in [0.2, 0.25) is 0 Å². The summed E-state index contributed by atoms with van der Waals surface area (Å²) in [6, 6.07) is 6.12. The molecular weight excluding hydrogens is 238 g/mol. The molecule has 0 amide bonds. The maximum atomic E-state index is 5.45. The Balaban J connectivity index is 2.26. The summed E-state index contributed by atoms with van der Waals surface area (Å²) in [5.74, 6) is 1.69. The van der Waals surface area contributed by atoms with Gasteiger partial charge in [-0.25, -0.2) is 4.98 Å². The van der Waals surface area contributed by atoms with E-state index in [1.165, 1.54) is 30.5 Å². The van der Waals surface area contributed by atoms with Gasteiger partial charge < -0.3 is 9.47 Å².